The second-order valence-electron chi connectivity index (χ2n) is 3.33. The fourth-order valence-electron chi connectivity index (χ4n) is 1.31. The Kier molecular flexibility index (Phi) is 3.26. The van der Waals surface area contributed by atoms with Crippen molar-refractivity contribution >= 4 is 22.6 Å². The van der Waals surface area contributed by atoms with Crippen LogP contribution in [0, 0.1) is 10.5 Å². The molecule has 0 heterocycles. The normalized spacial score (nSPS) is 10.0. The van der Waals surface area contributed by atoms with Gasteiger partial charge in [-0.1, -0.05) is 18.2 Å². The molecule has 0 spiro atoms. The van der Waals surface area contributed by atoms with Gasteiger partial charge in [0.05, 0.1) is 0 Å². The van der Waals surface area contributed by atoms with Gasteiger partial charge in [-0.05, 0) is 65.4 Å². The molecule has 2 aromatic carbocycles. The number of ether oxygens (including phenoxy) is 1. The Morgan fingerprint density at radius 1 is 0.933 bits per heavy atom. The predicted molar refractivity (Wildman–Crippen MR) is 70.4 cm³/mol. The molecule has 0 N–H and O–H groups in total. The van der Waals surface area contributed by atoms with E-state index in [0.717, 1.165) is 11.5 Å². The number of benzene rings is 2. The zero-order valence-corrected chi connectivity index (χ0v) is 10.6. The summed E-state index contributed by atoms with van der Waals surface area (Å²) in [4.78, 5) is 0. The van der Waals surface area contributed by atoms with Crippen LogP contribution in [0.15, 0.2) is 48.5 Å². The number of rotatable bonds is 2. The van der Waals surface area contributed by atoms with Crippen molar-refractivity contribution in [3.63, 3.8) is 0 Å². The highest BCUT2D eigenvalue weighted by Gasteiger charge is 1.99. The third-order valence-electron chi connectivity index (χ3n) is 2.11. The minimum absolute atomic E-state index is 0.873. The van der Waals surface area contributed by atoms with Gasteiger partial charge < -0.3 is 4.74 Å². The molecular weight excluding hydrogens is 299 g/mol. The third-order valence-corrected chi connectivity index (χ3v) is 3.32. The first-order valence-electron chi connectivity index (χ1n) is 4.75. The predicted octanol–water partition coefficient (Wildman–Crippen LogP) is 4.39. The van der Waals surface area contributed by atoms with E-state index in [2.05, 4.69) is 41.6 Å². The molecular formula is C13H11IO. The Morgan fingerprint density at radius 3 is 2.33 bits per heavy atom. The van der Waals surface area contributed by atoms with Crippen LogP contribution in [0.2, 0.25) is 0 Å². The van der Waals surface area contributed by atoms with Crippen LogP contribution in [0.25, 0.3) is 0 Å². The first kappa shape index (κ1) is 10.5. The molecule has 0 saturated carbocycles. The van der Waals surface area contributed by atoms with Crippen molar-refractivity contribution in [1.29, 1.82) is 0 Å². The van der Waals surface area contributed by atoms with Crippen molar-refractivity contribution in [3.05, 3.63) is 57.7 Å². The fourth-order valence-corrected chi connectivity index (χ4v) is 1.64. The van der Waals surface area contributed by atoms with E-state index in [1.807, 2.05) is 36.4 Å². The Balaban J connectivity index is 2.22. The molecule has 0 radical (unpaired) electrons. The van der Waals surface area contributed by atoms with Gasteiger partial charge in [0.25, 0.3) is 0 Å². The van der Waals surface area contributed by atoms with E-state index in [0.29, 0.717) is 0 Å². The van der Waals surface area contributed by atoms with Gasteiger partial charge >= 0.3 is 0 Å². The molecule has 0 aliphatic heterocycles. The minimum Gasteiger partial charge on any atom is -0.457 e. The maximum atomic E-state index is 5.71. The van der Waals surface area contributed by atoms with Crippen LogP contribution in [0.5, 0.6) is 11.5 Å². The first-order chi connectivity index (χ1) is 7.25. The van der Waals surface area contributed by atoms with Crippen LogP contribution in [0.3, 0.4) is 0 Å². The summed E-state index contributed by atoms with van der Waals surface area (Å²) in [7, 11) is 0. The SMILES string of the molecule is Cc1cc(Oc2ccccc2)ccc1I. The Hall–Kier alpha value is -1.03. The lowest BCUT2D eigenvalue weighted by molar-refractivity contribution is 0.482. The van der Waals surface area contributed by atoms with Gasteiger partial charge in [-0.15, -0.1) is 0 Å². The first-order valence-corrected chi connectivity index (χ1v) is 5.82. The van der Waals surface area contributed by atoms with Crippen LogP contribution in [0.1, 0.15) is 5.56 Å². The third kappa shape index (κ3) is 2.72. The molecule has 0 unspecified atom stereocenters. The summed E-state index contributed by atoms with van der Waals surface area (Å²) in [5.74, 6) is 1.76. The van der Waals surface area contributed by atoms with Crippen molar-refractivity contribution in [2.75, 3.05) is 0 Å². The molecule has 0 amide bonds. The molecule has 0 aliphatic rings. The lowest BCUT2D eigenvalue weighted by Crippen LogP contribution is -1.86. The molecule has 0 saturated heterocycles. The van der Waals surface area contributed by atoms with E-state index in [-0.39, 0.29) is 0 Å². The van der Waals surface area contributed by atoms with E-state index >= 15 is 0 Å². The molecule has 2 rings (SSSR count). The van der Waals surface area contributed by atoms with Crippen molar-refractivity contribution in [2.24, 2.45) is 0 Å². The van der Waals surface area contributed by atoms with Crippen molar-refractivity contribution in [3.8, 4) is 11.5 Å². The van der Waals surface area contributed by atoms with E-state index in [1.165, 1.54) is 9.13 Å². The van der Waals surface area contributed by atoms with Crippen LogP contribution >= 0.6 is 22.6 Å². The molecule has 0 bridgehead atoms. The number of hydrogen-bond acceptors (Lipinski definition) is 1. The smallest absolute Gasteiger partial charge is 0.127 e. The van der Waals surface area contributed by atoms with Gasteiger partial charge in [0.1, 0.15) is 11.5 Å². The molecule has 0 aliphatic carbocycles. The highest BCUT2D eigenvalue weighted by atomic mass is 127. The maximum absolute atomic E-state index is 5.71. The standard InChI is InChI=1S/C13H11IO/c1-10-9-12(7-8-13(10)14)15-11-5-3-2-4-6-11/h2-9H,1H3. The number of aryl methyl sites for hydroxylation is 1. The van der Waals surface area contributed by atoms with Gasteiger partial charge in [-0.2, -0.15) is 0 Å². The van der Waals surface area contributed by atoms with Crippen LogP contribution in [-0.4, -0.2) is 0 Å². The van der Waals surface area contributed by atoms with Gasteiger partial charge in [-0.25, -0.2) is 0 Å². The monoisotopic (exact) mass is 310 g/mol. The molecule has 2 aromatic rings. The topological polar surface area (TPSA) is 9.23 Å². The highest BCUT2D eigenvalue weighted by molar-refractivity contribution is 14.1. The zero-order chi connectivity index (χ0) is 10.7. The summed E-state index contributed by atoms with van der Waals surface area (Å²) in [5, 5.41) is 0. The summed E-state index contributed by atoms with van der Waals surface area (Å²) in [6.07, 6.45) is 0. The molecule has 0 fully saturated rings. The summed E-state index contributed by atoms with van der Waals surface area (Å²) >= 11 is 2.32. The minimum atomic E-state index is 0.873. The molecule has 76 valence electrons. The van der Waals surface area contributed by atoms with Crippen molar-refractivity contribution in [2.45, 2.75) is 6.92 Å². The van der Waals surface area contributed by atoms with E-state index < -0.39 is 0 Å². The molecule has 0 aromatic heterocycles. The quantitative estimate of drug-likeness (QED) is 0.748. The summed E-state index contributed by atoms with van der Waals surface area (Å²) in [5.41, 5.74) is 1.24. The van der Waals surface area contributed by atoms with Gasteiger partial charge in [-0.3, -0.25) is 0 Å². The van der Waals surface area contributed by atoms with Crippen LogP contribution in [-0.2, 0) is 0 Å². The van der Waals surface area contributed by atoms with Crippen molar-refractivity contribution in [1.82, 2.24) is 0 Å². The van der Waals surface area contributed by atoms with E-state index in [4.69, 9.17) is 4.74 Å². The Labute approximate surface area is 103 Å². The Bertz CT molecular complexity index is 451. The fraction of sp³-hybridized carbons (Fsp3) is 0.0769. The Morgan fingerprint density at radius 2 is 1.67 bits per heavy atom. The maximum Gasteiger partial charge on any atom is 0.127 e. The van der Waals surface area contributed by atoms with Crippen molar-refractivity contribution < 1.29 is 4.74 Å². The number of para-hydroxylation sites is 1. The number of hydrogen-bond donors (Lipinski definition) is 0. The molecule has 0 atom stereocenters. The van der Waals surface area contributed by atoms with Crippen LogP contribution < -0.4 is 4.74 Å². The second kappa shape index (κ2) is 4.66. The average molecular weight is 310 g/mol. The average Bonchev–Trinajstić information content (AvgIpc) is 2.25. The molecule has 1 nitrogen and oxygen atoms in total. The molecule has 15 heavy (non-hydrogen) atoms. The lowest BCUT2D eigenvalue weighted by atomic mass is 10.2. The van der Waals surface area contributed by atoms with E-state index in [9.17, 15) is 0 Å². The highest BCUT2D eigenvalue weighted by Crippen LogP contribution is 2.23. The van der Waals surface area contributed by atoms with Gasteiger partial charge in [0.2, 0.25) is 0 Å². The largest absolute Gasteiger partial charge is 0.457 e. The number of halogens is 1. The zero-order valence-electron chi connectivity index (χ0n) is 8.41. The van der Waals surface area contributed by atoms with Gasteiger partial charge in [0.15, 0.2) is 0 Å². The van der Waals surface area contributed by atoms with Crippen LogP contribution in [0.4, 0.5) is 0 Å². The van der Waals surface area contributed by atoms with E-state index in [1.54, 1.807) is 0 Å². The second-order valence-corrected chi connectivity index (χ2v) is 4.49. The summed E-state index contributed by atoms with van der Waals surface area (Å²) in [6.45, 7) is 2.08. The summed E-state index contributed by atoms with van der Waals surface area (Å²) in [6, 6.07) is 15.9. The lowest BCUT2D eigenvalue weighted by Gasteiger charge is -2.06. The molecule has 2 heteroatoms. The summed E-state index contributed by atoms with van der Waals surface area (Å²) < 4.78 is 6.97. The van der Waals surface area contributed by atoms with Gasteiger partial charge in [0, 0.05) is 3.57 Å².